The molecular formula is C30H33F2N5O3. The Bertz CT molecular complexity index is 1320. The lowest BCUT2D eigenvalue weighted by Gasteiger charge is -2.36. The zero-order valence-electron chi connectivity index (χ0n) is 22.6. The molecule has 1 aliphatic heterocycles. The first-order valence-electron chi connectivity index (χ1n) is 13.2. The summed E-state index contributed by atoms with van der Waals surface area (Å²) in [5.41, 5.74) is 2.27. The summed E-state index contributed by atoms with van der Waals surface area (Å²) in [6.07, 6.45) is 0. The largest absolute Gasteiger partial charge is 0.368 e. The van der Waals surface area contributed by atoms with Gasteiger partial charge in [-0.25, -0.2) is 13.6 Å². The van der Waals surface area contributed by atoms with Crippen molar-refractivity contribution >= 4 is 29.2 Å². The number of hydrogen-bond acceptors (Lipinski definition) is 4. The molecule has 3 aromatic carbocycles. The van der Waals surface area contributed by atoms with Gasteiger partial charge in [-0.05, 0) is 74.0 Å². The van der Waals surface area contributed by atoms with Gasteiger partial charge in [0, 0.05) is 55.7 Å². The Balaban J connectivity index is 1.37. The molecule has 0 aromatic heterocycles. The maximum atomic E-state index is 13.8. The Morgan fingerprint density at radius 1 is 0.875 bits per heavy atom. The molecule has 40 heavy (non-hydrogen) atoms. The van der Waals surface area contributed by atoms with Gasteiger partial charge in [0.2, 0.25) is 5.91 Å². The number of anilines is 2. The third-order valence-corrected chi connectivity index (χ3v) is 6.48. The third-order valence-electron chi connectivity index (χ3n) is 6.48. The highest BCUT2D eigenvalue weighted by atomic mass is 19.1. The molecular weight excluding hydrogens is 516 g/mol. The fourth-order valence-electron chi connectivity index (χ4n) is 4.45. The topological polar surface area (TPSA) is 85.0 Å². The Kier molecular flexibility index (Phi) is 9.31. The number of halogens is 2. The van der Waals surface area contributed by atoms with Crippen molar-refractivity contribution in [1.82, 2.24) is 15.1 Å². The van der Waals surface area contributed by atoms with Gasteiger partial charge in [-0.2, -0.15) is 0 Å². The first-order chi connectivity index (χ1) is 19.2. The molecule has 3 aromatic rings. The maximum Gasteiger partial charge on any atom is 0.317 e. The Morgan fingerprint density at radius 3 is 2.17 bits per heavy atom. The molecule has 0 saturated carbocycles. The van der Waals surface area contributed by atoms with Crippen molar-refractivity contribution in [3.63, 3.8) is 0 Å². The fourth-order valence-corrected chi connectivity index (χ4v) is 4.45. The molecule has 0 spiro atoms. The highest BCUT2D eigenvalue weighted by Crippen LogP contribution is 2.20. The van der Waals surface area contributed by atoms with Crippen LogP contribution in [0.5, 0.6) is 0 Å². The van der Waals surface area contributed by atoms with Gasteiger partial charge >= 0.3 is 6.03 Å². The minimum atomic E-state index is -0.558. The van der Waals surface area contributed by atoms with E-state index in [1.54, 1.807) is 17.0 Å². The Labute approximate surface area is 232 Å². The Morgan fingerprint density at radius 2 is 1.55 bits per heavy atom. The van der Waals surface area contributed by atoms with Crippen LogP contribution in [-0.2, 0) is 11.3 Å². The number of nitrogens with zero attached hydrogens (tertiary/aromatic N) is 3. The molecule has 1 aliphatic rings. The van der Waals surface area contributed by atoms with Crippen molar-refractivity contribution in [1.29, 1.82) is 0 Å². The number of urea groups is 1. The van der Waals surface area contributed by atoms with Gasteiger partial charge in [0.05, 0.1) is 0 Å². The summed E-state index contributed by atoms with van der Waals surface area (Å²) in [5, 5.41) is 5.72. The first kappa shape index (κ1) is 28.5. The molecule has 4 rings (SSSR count). The fraction of sp³-hybridized carbons (Fsp3) is 0.300. The lowest BCUT2D eigenvalue weighted by molar-refractivity contribution is -0.117. The summed E-state index contributed by atoms with van der Waals surface area (Å²) in [4.78, 5) is 43.6. The number of amides is 4. The van der Waals surface area contributed by atoms with E-state index in [-0.39, 0.29) is 30.7 Å². The van der Waals surface area contributed by atoms with Crippen LogP contribution in [0.1, 0.15) is 29.8 Å². The number of piperazine rings is 1. The summed E-state index contributed by atoms with van der Waals surface area (Å²) in [5.74, 6) is -1.91. The van der Waals surface area contributed by atoms with Crippen LogP contribution in [0.3, 0.4) is 0 Å². The van der Waals surface area contributed by atoms with Crippen LogP contribution in [-0.4, -0.2) is 66.4 Å². The maximum absolute atomic E-state index is 13.8. The third kappa shape index (κ3) is 7.78. The minimum absolute atomic E-state index is 0.0448. The van der Waals surface area contributed by atoms with Crippen LogP contribution in [0.25, 0.3) is 0 Å². The SMILES string of the molecule is CC(C)NC(=O)N1CCN(c2ccc(NC(=O)CN(Cc3ccc(F)cc3)C(=O)c3cccc(F)c3)cc2)CC1. The van der Waals surface area contributed by atoms with E-state index < -0.39 is 23.4 Å². The highest BCUT2D eigenvalue weighted by Gasteiger charge is 2.22. The molecule has 2 N–H and O–H groups in total. The van der Waals surface area contributed by atoms with E-state index in [1.165, 1.54) is 47.4 Å². The van der Waals surface area contributed by atoms with Gasteiger partial charge in [-0.1, -0.05) is 18.2 Å². The van der Waals surface area contributed by atoms with Crippen molar-refractivity contribution in [2.24, 2.45) is 0 Å². The van der Waals surface area contributed by atoms with E-state index in [0.29, 0.717) is 37.4 Å². The van der Waals surface area contributed by atoms with E-state index in [9.17, 15) is 23.2 Å². The second kappa shape index (κ2) is 13.1. The summed E-state index contributed by atoms with van der Waals surface area (Å²) in [6.45, 7) is 6.23. The van der Waals surface area contributed by atoms with Crippen LogP contribution in [0.4, 0.5) is 25.0 Å². The van der Waals surface area contributed by atoms with E-state index in [2.05, 4.69) is 15.5 Å². The Hall–Kier alpha value is -4.47. The van der Waals surface area contributed by atoms with Gasteiger partial charge in [-0.3, -0.25) is 9.59 Å². The summed E-state index contributed by atoms with van der Waals surface area (Å²) in [6, 6.07) is 18.3. The van der Waals surface area contributed by atoms with Gasteiger partial charge in [0.25, 0.3) is 5.91 Å². The molecule has 0 unspecified atom stereocenters. The molecule has 1 fully saturated rings. The van der Waals surface area contributed by atoms with Gasteiger partial charge in [-0.15, -0.1) is 0 Å². The van der Waals surface area contributed by atoms with Crippen LogP contribution < -0.4 is 15.5 Å². The molecule has 0 radical (unpaired) electrons. The van der Waals surface area contributed by atoms with E-state index in [0.717, 1.165) is 11.8 Å². The highest BCUT2D eigenvalue weighted by molar-refractivity contribution is 5.99. The molecule has 210 valence electrons. The zero-order chi connectivity index (χ0) is 28.6. The van der Waals surface area contributed by atoms with Gasteiger partial charge in [0.1, 0.15) is 18.2 Å². The predicted molar refractivity (Wildman–Crippen MR) is 150 cm³/mol. The molecule has 8 nitrogen and oxygen atoms in total. The molecule has 4 amide bonds. The van der Waals surface area contributed by atoms with Crippen LogP contribution in [0.15, 0.2) is 72.8 Å². The van der Waals surface area contributed by atoms with Gasteiger partial charge in [0.15, 0.2) is 0 Å². The van der Waals surface area contributed by atoms with Crippen molar-refractivity contribution in [2.75, 3.05) is 42.9 Å². The number of rotatable bonds is 8. The van der Waals surface area contributed by atoms with Crippen molar-refractivity contribution in [2.45, 2.75) is 26.4 Å². The summed E-state index contributed by atoms with van der Waals surface area (Å²) < 4.78 is 27.1. The van der Waals surface area contributed by atoms with Crippen LogP contribution >= 0.6 is 0 Å². The summed E-state index contributed by atoms with van der Waals surface area (Å²) in [7, 11) is 0. The molecule has 0 atom stereocenters. The number of nitrogens with one attached hydrogen (secondary N) is 2. The number of hydrogen-bond donors (Lipinski definition) is 2. The average Bonchev–Trinajstić information content (AvgIpc) is 2.93. The van der Waals surface area contributed by atoms with Crippen molar-refractivity contribution < 1.29 is 23.2 Å². The number of carbonyl (C=O) groups is 3. The number of benzene rings is 3. The molecule has 0 bridgehead atoms. The number of carbonyl (C=O) groups excluding carboxylic acids is 3. The monoisotopic (exact) mass is 549 g/mol. The van der Waals surface area contributed by atoms with Crippen molar-refractivity contribution in [3.8, 4) is 0 Å². The lowest BCUT2D eigenvalue weighted by Crippen LogP contribution is -2.52. The van der Waals surface area contributed by atoms with Crippen molar-refractivity contribution in [3.05, 3.63) is 95.6 Å². The van der Waals surface area contributed by atoms with Crippen LogP contribution in [0.2, 0.25) is 0 Å². The second-order valence-electron chi connectivity index (χ2n) is 9.97. The molecule has 10 heteroatoms. The van der Waals surface area contributed by atoms with Gasteiger partial charge < -0.3 is 25.3 Å². The predicted octanol–water partition coefficient (Wildman–Crippen LogP) is 4.49. The standard InChI is InChI=1S/C30H33F2N5O3/c1-21(2)33-30(40)36-16-14-35(15-17-36)27-12-10-26(11-13-27)34-28(38)20-37(19-22-6-8-24(31)9-7-22)29(39)23-4-3-5-25(32)18-23/h3-13,18,21H,14-17,19-20H2,1-2H3,(H,33,40)(H,34,38). The second-order valence-corrected chi connectivity index (χ2v) is 9.97. The average molecular weight is 550 g/mol. The smallest absolute Gasteiger partial charge is 0.317 e. The lowest BCUT2D eigenvalue weighted by atomic mass is 10.1. The summed E-state index contributed by atoms with van der Waals surface area (Å²) >= 11 is 0. The van der Waals surface area contributed by atoms with Crippen LogP contribution in [0, 0.1) is 11.6 Å². The molecule has 1 heterocycles. The normalized spacial score (nSPS) is 13.2. The van der Waals surface area contributed by atoms with E-state index in [4.69, 9.17) is 0 Å². The first-order valence-corrected chi connectivity index (χ1v) is 13.2. The van der Waals surface area contributed by atoms with E-state index >= 15 is 0 Å². The zero-order valence-corrected chi connectivity index (χ0v) is 22.6. The molecule has 1 saturated heterocycles. The quantitative estimate of drug-likeness (QED) is 0.434. The van der Waals surface area contributed by atoms with E-state index in [1.807, 2.05) is 26.0 Å². The molecule has 0 aliphatic carbocycles. The minimum Gasteiger partial charge on any atom is -0.368 e.